The minimum Gasteiger partial charge on any atom is -0.425 e. The van der Waals surface area contributed by atoms with Gasteiger partial charge in [-0.25, -0.2) is 13.1 Å². The van der Waals surface area contributed by atoms with Crippen LogP contribution in [0.25, 0.3) is 6.08 Å². The van der Waals surface area contributed by atoms with Crippen LogP contribution < -0.4 is 4.72 Å². The number of benzene rings is 1. The highest BCUT2D eigenvalue weighted by atomic mass is 32.2. The average molecular weight is 375 g/mol. The molecule has 1 aliphatic rings. The van der Waals surface area contributed by atoms with Gasteiger partial charge < -0.3 is 4.42 Å². The van der Waals surface area contributed by atoms with Gasteiger partial charge in [-0.2, -0.15) is 0 Å². The molecule has 0 aliphatic heterocycles. The normalized spacial score (nSPS) is 14.0. The molecule has 1 aromatic carbocycles. The molecule has 0 saturated heterocycles. The number of fused-ring (bicyclic) bond motifs is 1. The fourth-order valence-corrected chi connectivity index (χ4v) is 3.89. The SMILES string of the molecule is CC(C)c1nnc(CCC(=O)NS(=O)(=O)C2=Cc3ccccc3CC2)o1. The summed E-state index contributed by atoms with van der Waals surface area (Å²) in [5, 5.41) is 7.75. The standard InChI is InChI=1S/C18H21N3O4S/c1-12(2)18-20-19-17(25-18)10-9-16(22)21-26(23,24)15-8-7-13-5-3-4-6-14(13)11-15/h3-6,11-12H,7-10H2,1-2H3,(H,21,22). The van der Waals surface area contributed by atoms with E-state index in [1.165, 1.54) is 0 Å². The number of allylic oxidation sites excluding steroid dienone is 1. The highest BCUT2D eigenvalue weighted by Gasteiger charge is 2.24. The number of carbonyl (C=O) groups excluding carboxylic acids is 1. The summed E-state index contributed by atoms with van der Waals surface area (Å²) in [7, 11) is -3.84. The summed E-state index contributed by atoms with van der Waals surface area (Å²) >= 11 is 0. The highest BCUT2D eigenvalue weighted by Crippen LogP contribution is 2.26. The van der Waals surface area contributed by atoms with Crippen LogP contribution in [0.4, 0.5) is 0 Å². The molecule has 138 valence electrons. The second-order valence-corrected chi connectivity index (χ2v) is 8.26. The van der Waals surface area contributed by atoms with E-state index in [1.807, 2.05) is 38.1 Å². The Labute approximate surface area is 152 Å². The molecule has 8 heteroatoms. The first-order valence-electron chi connectivity index (χ1n) is 8.51. The Balaban J connectivity index is 1.62. The van der Waals surface area contributed by atoms with E-state index in [-0.39, 0.29) is 23.7 Å². The summed E-state index contributed by atoms with van der Waals surface area (Å²) in [5.74, 6) is 0.340. The van der Waals surface area contributed by atoms with Gasteiger partial charge in [0.15, 0.2) is 0 Å². The van der Waals surface area contributed by atoms with Crippen molar-refractivity contribution in [2.45, 2.75) is 45.4 Å². The van der Waals surface area contributed by atoms with Crippen molar-refractivity contribution >= 4 is 22.0 Å². The summed E-state index contributed by atoms with van der Waals surface area (Å²) in [4.78, 5) is 12.3. The fraction of sp³-hybridized carbons (Fsp3) is 0.389. The van der Waals surface area contributed by atoms with E-state index in [9.17, 15) is 13.2 Å². The van der Waals surface area contributed by atoms with E-state index in [4.69, 9.17) is 4.42 Å². The lowest BCUT2D eigenvalue weighted by Gasteiger charge is -2.16. The molecule has 1 aliphatic carbocycles. The van der Waals surface area contributed by atoms with E-state index in [0.29, 0.717) is 24.6 Å². The van der Waals surface area contributed by atoms with Crippen molar-refractivity contribution < 1.29 is 17.6 Å². The molecular formula is C18H21N3O4S. The molecule has 7 nitrogen and oxygen atoms in total. The van der Waals surface area contributed by atoms with Crippen LogP contribution >= 0.6 is 0 Å². The molecule has 0 fully saturated rings. The lowest BCUT2D eigenvalue weighted by molar-refractivity contribution is -0.119. The van der Waals surface area contributed by atoms with Crippen molar-refractivity contribution in [3.8, 4) is 0 Å². The molecule has 0 saturated carbocycles. The predicted molar refractivity (Wildman–Crippen MR) is 96.5 cm³/mol. The molecule has 1 amide bonds. The molecule has 26 heavy (non-hydrogen) atoms. The maximum absolute atomic E-state index is 12.5. The van der Waals surface area contributed by atoms with Crippen LogP contribution in [0, 0.1) is 0 Å². The van der Waals surface area contributed by atoms with E-state index in [1.54, 1.807) is 6.08 Å². The quantitative estimate of drug-likeness (QED) is 0.832. The Bertz CT molecular complexity index is 945. The summed E-state index contributed by atoms with van der Waals surface area (Å²) < 4.78 is 32.5. The van der Waals surface area contributed by atoms with E-state index in [2.05, 4.69) is 14.9 Å². The van der Waals surface area contributed by atoms with Crippen LogP contribution in [0.2, 0.25) is 0 Å². The molecule has 0 atom stereocenters. The number of nitrogens with one attached hydrogen (secondary N) is 1. The van der Waals surface area contributed by atoms with Gasteiger partial charge in [-0.3, -0.25) is 4.79 Å². The van der Waals surface area contributed by atoms with Crippen LogP contribution in [0.3, 0.4) is 0 Å². The topological polar surface area (TPSA) is 102 Å². The first-order valence-corrected chi connectivity index (χ1v) is 10.00. The number of amides is 1. The van der Waals surface area contributed by atoms with E-state index in [0.717, 1.165) is 11.1 Å². The molecule has 0 bridgehead atoms. The zero-order valence-electron chi connectivity index (χ0n) is 14.7. The van der Waals surface area contributed by atoms with Crippen molar-refractivity contribution in [3.63, 3.8) is 0 Å². The second kappa shape index (κ2) is 7.41. The van der Waals surface area contributed by atoms with Gasteiger partial charge >= 0.3 is 0 Å². The highest BCUT2D eigenvalue weighted by molar-refractivity contribution is 7.94. The van der Waals surface area contributed by atoms with Gasteiger partial charge in [0.05, 0.1) is 4.91 Å². The first kappa shape index (κ1) is 18.3. The van der Waals surface area contributed by atoms with Gasteiger partial charge in [-0.05, 0) is 30.0 Å². The van der Waals surface area contributed by atoms with Crippen LogP contribution in [-0.4, -0.2) is 24.5 Å². The summed E-state index contributed by atoms with van der Waals surface area (Å²) in [6, 6.07) is 7.63. The molecule has 0 spiro atoms. The Kier molecular flexibility index (Phi) is 5.22. The zero-order valence-corrected chi connectivity index (χ0v) is 15.5. The number of hydrogen-bond acceptors (Lipinski definition) is 6. The number of nitrogens with zero attached hydrogens (tertiary/aromatic N) is 2. The second-order valence-electron chi connectivity index (χ2n) is 6.53. The van der Waals surface area contributed by atoms with Gasteiger partial charge in [-0.15, -0.1) is 10.2 Å². The lowest BCUT2D eigenvalue weighted by atomic mass is 9.98. The number of carbonyl (C=O) groups is 1. The molecule has 3 rings (SSSR count). The number of aryl methyl sites for hydroxylation is 2. The Morgan fingerprint density at radius 3 is 2.73 bits per heavy atom. The minimum atomic E-state index is -3.84. The third-order valence-electron chi connectivity index (χ3n) is 4.15. The van der Waals surface area contributed by atoms with Crippen LogP contribution in [0.15, 0.2) is 33.6 Å². The van der Waals surface area contributed by atoms with Crippen molar-refractivity contribution in [3.05, 3.63) is 52.1 Å². The summed E-state index contributed by atoms with van der Waals surface area (Å²) in [5.41, 5.74) is 1.98. The molecule has 1 aromatic heterocycles. The molecule has 0 radical (unpaired) electrons. The average Bonchev–Trinajstić information content (AvgIpc) is 3.08. The van der Waals surface area contributed by atoms with Gasteiger partial charge in [0.2, 0.25) is 17.7 Å². The van der Waals surface area contributed by atoms with Crippen LogP contribution in [-0.2, 0) is 27.7 Å². The number of hydrogen-bond donors (Lipinski definition) is 1. The fourth-order valence-electron chi connectivity index (χ4n) is 2.71. The number of aromatic nitrogens is 2. The maximum Gasteiger partial charge on any atom is 0.260 e. The van der Waals surface area contributed by atoms with Gasteiger partial charge in [-0.1, -0.05) is 38.1 Å². The Morgan fingerprint density at radius 1 is 1.23 bits per heavy atom. The maximum atomic E-state index is 12.5. The van der Waals surface area contributed by atoms with Crippen LogP contribution in [0.5, 0.6) is 0 Å². The Hall–Kier alpha value is -2.48. The van der Waals surface area contributed by atoms with Gasteiger partial charge in [0, 0.05) is 18.8 Å². The molecule has 1 heterocycles. The third-order valence-corrected chi connectivity index (χ3v) is 5.66. The number of rotatable bonds is 6. The van der Waals surface area contributed by atoms with E-state index < -0.39 is 15.9 Å². The molecule has 2 aromatic rings. The summed E-state index contributed by atoms with van der Waals surface area (Å²) in [6.45, 7) is 3.85. The zero-order chi connectivity index (χ0) is 18.7. The van der Waals surface area contributed by atoms with Crippen molar-refractivity contribution in [2.24, 2.45) is 0 Å². The molecule has 0 unspecified atom stereocenters. The van der Waals surface area contributed by atoms with Crippen molar-refractivity contribution in [2.75, 3.05) is 0 Å². The third kappa shape index (κ3) is 4.19. The van der Waals surface area contributed by atoms with E-state index >= 15 is 0 Å². The predicted octanol–water partition coefficient (Wildman–Crippen LogP) is 2.56. The van der Waals surface area contributed by atoms with Crippen molar-refractivity contribution in [1.29, 1.82) is 0 Å². The Morgan fingerprint density at radius 2 is 2.00 bits per heavy atom. The smallest absolute Gasteiger partial charge is 0.260 e. The molecule has 1 N–H and O–H groups in total. The van der Waals surface area contributed by atoms with Crippen molar-refractivity contribution in [1.82, 2.24) is 14.9 Å². The monoisotopic (exact) mass is 375 g/mol. The molecular weight excluding hydrogens is 354 g/mol. The van der Waals surface area contributed by atoms with Gasteiger partial charge in [0.1, 0.15) is 0 Å². The summed E-state index contributed by atoms with van der Waals surface area (Å²) in [6.07, 6.45) is 2.80. The largest absolute Gasteiger partial charge is 0.425 e. The van der Waals surface area contributed by atoms with Gasteiger partial charge in [0.25, 0.3) is 10.0 Å². The van der Waals surface area contributed by atoms with Crippen LogP contribution in [0.1, 0.15) is 55.5 Å². The number of sulfonamides is 1. The minimum absolute atomic E-state index is 0.0389. The lowest BCUT2D eigenvalue weighted by Crippen LogP contribution is -2.32. The first-order chi connectivity index (χ1) is 12.3.